The number of carbonyl (C=O) groups excluding carboxylic acids is 1. The Balaban J connectivity index is 1.17. The molecule has 1 aliphatic heterocycles. The van der Waals surface area contributed by atoms with Crippen molar-refractivity contribution in [2.75, 3.05) is 17.7 Å². The van der Waals surface area contributed by atoms with E-state index in [-0.39, 0.29) is 5.91 Å². The van der Waals surface area contributed by atoms with Crippen molar-refractivity contribution in [3.8, 4) is 17.2 Å². The second-order valence-electron chi connectivity index (χ2n) is 6.38. The third kappa shape index (κ3) is 4.69. The van der Waals surface area contributed by atoms with Gasteiger partial charge in [-0.05, 0) is 43.0 Å². The Kier molecular flexibility index (Phi) is 5.86. The summed E-state index contributed by atoms with van der Waals surface area (Å²) in [6, 6.07) is 9.57. The number of ether oxygens (including phenoxy) is 1. The molecule has 144 valence electrons. The van der Waals surface area contributed by atoms with Crippen LogP contribution >= 0.6 is 11.8 Å². The number of thioether (sulfide) groups is 1. The number of hydrogen-bond donors (Lipinski definition) is 1. The van der Waals surface area contributed by atoms with Gasteiger partial charge in [-0.25, -0.2) is 0 Å². The number of fused-ring (bicyclic) bond motifs is 1. The highest BCUT2D eigenvalue weighted by molar-refractivity contribution is 7.99. The van der Waals surface area contributed by atoms with Crippen molar-refractivity contribution in [3.05, 3.63) is 48.3 Å². The molecule has 1 N–H and O–H groups in total. The summed E-state index contributed by atoms with van der Waals surface area (Å²) >= 11 is 1.54. The lowest BCUT2D eigenvalue weighted by Gasteiger charge is -2.17. The molecule has 0 saturated heterocycles. The fraction of sp³-hybridized carbons (Fsp3) is 0.300. The minimum atomic E-state index is 0.0646. The van der Waals surface area contributed by atoms with E-state index in [0.717, 1.165) is 47.6 Å². The second kappa shape index (κ2) is 8.88. The Morgan fingerprint density at radius 2 is 2.00 bits per heavy atom. The van der Waals surface area contributed by atoms with Crippen molar-refractivity contribution in [2.45, 2.75) is 30.9 Å². The van der Waals surface area contributed by atoms with E-state index < -0.39 is 0 Å². The molecule has 0 radical (unpaired) electrons. The summed E-state index contributed by atoms with van der Waals surface area (Å²) < 4.78 is 11.5. The molecule has 3 aromatic rings. The first-order valence-corrected chi connectivity index (χ1v) is 10.2. The lowest BCUT2D eigenvalue weighted by atomic mass is 10.0. The van der Waals surface area contributed by atoms with Crippen LogP contribution in [-0.4, -0.2) is 33.4 Å². The van der Waals surface area contributed by atoms with Gasteiger partial charge in [0.2, 0.25) is 11.8 Å². The van der Waals surface area contributed by atoms with Crippen molar-refractivity contribution in [2.24, 2.45) is 0 Å². The maximum atomic E-state index is 11.5. The number of anilines is 1. The van der Waals surface area contributed by atoms with Crippen LogP contribution < -0.4 is 10.1 Å². The van der Waals surface area contributed by atoms with Crippen molar-refractivity contribution >= 4 is 23.4 Å². The standard InChI is InChI=1S/C20H20N4O3S/c25-18-6-4-14-3-5-16(13-17(14)22-18)26-11-1-2-12-28-20-24-23-19(27-20)15-7-9-21-10-8-15/h3,5,7-10,13H,1-2,4,6,11-12H2,(H,22,25). The van der Waals surface area contributed by atoms with Crippen LogP contribution in [0.3, 0.4) is 0 Å². The number of aryl methyl sites for hydroxylation is 1. The van der Waals surface area contributed by atoms with Gasteiger partial charge in [-0.2, -0.15) is 0 Å². The SMILES string of the molecule is O=C1CCc2ccc(OCCCCSc3nnc(-c4ccncc4)o3)cc2N1. The van der Waals surface area contributed by atoms with Crippen LogP contribution in [0.15, 0.2) is 52.4 Å². The van der Waals surface area contributed by atoms with E-state index in [1.807, 2.05) is 30.3 Å². The molecule has 1 aliphatic rings. The van der Waals surface area contributed by atoms with Gasteiger partial charge < -0.3 is 14.5 Å². The first-order valence-electron chi connectivity index (χ1n) is 9.20. The van der Waals surface area contributed by atoms with Crippen molar-refractivity contribution in [3.63, 3.8) is 0 Å². The molecule has 7 nitrogen and oxygen atoms in total. The van der Waals surface area contributed by atoms with Gasteiger partial charge in [0.05, 0.1) is 6.61 Å². The predicted octanol–water partition coefficient (Wildman–Crippen LogP) is 3.97. The minimum Gasteiger partial charge on any atom is -0.494 e. The zero-order valence-electron chi connectivity index (χ0n) is 15.3. The summed E-state index contributed by atoms with van der Waals surface area (Å²) in [7, 11) is 0. The van der Waals surface area contributed by atoms with Gasteiger partial charge >= 0.3 is 0 Å². The number of benzene rings is 1. The lowest BCUT2D eigenvalue weighted by molar-refractivity contribution is -0.116. The number of carbonyl (C=O) groups is 1. The smallest absolute Gasteiger partial charge is 0.276 e. The zero-order valence-corrected chi connectivity index (χ0v) is 16.1. The Hall–Kier alpha value is -2.87. The molecule has 1 amide bonds. The second-order valence-corrected chi connectivity index (χ2v) is 7.43. The number of unbranched alkanes of at least 4 members (excludes halogenated alkanes) is 1. The number of nitrogens with zero attached hydrogens (tertiary/aromatic N) is 3. The summed E-state index contributed by atoms with van der Waals surface area (Å²) in [6.45, 7) is 0.624. The first-order chi connectivity index (χ1) is 13.8. The van der Waals surface area contributed by atoms with Crippen LogP contribution in [0.2, 0.25) is 0 Å². The number of hydrogen-bond acceptors (Lipinski definition) is 7. The number of amides is 1. The molecule has 0 fully saturated rings. The molecule has 0 atom stereocenters. The van der Waals surface area contributed by atoms with Crippen LogP contribution in [0.1, 0.15) is 24.8 Å². The van der Waals surface area contributed by atoms with E-state index in [2.05, 4.69) is 20.5 Å². The van der Waals surface area contributed by atoms with Crippen LogP contribution in [0, 0.1) is 0 Å². The third-order valence-corrected chi connectivity index (χ3v) is 5.25. The molecular weight excluding hydrogens is 376 g/mol. The summed E-state index contributed by atoms with van der Waals surface area (Å²) in [5, 5.41) is 11.6. The number of rotatable bonds is 8. The molecule has 0 saturated carbocycles. The van der Waals surface area contributed by atoms with Gasteiger partial charge in [-0.3, -0.25) is 9.78 Å². The van der Waals surface area contributed by atoms with Crippen molar-refractivity contribution in [1.82, 2.24) is 15.2 Å². The Labute approximate surface area is 166 Å². The summed E-state index contributed by atoms with van der Waals surface area (Å²) in [6.07, 6.45) is 6.62. The van der Waals surface area contributed by atoms with E-state index in [4.69, 9.17) is 9.15 Å². The number of pyridine rings is 1. The topological polar surface area (TPSA) is 90.1 Å². The molecule has 0 bridgehead atoms. The Bertz CT molecular complexity index is 946. The fourth-order valence-electron chi connectivity index (χ4n) is 2.87. The maximum absolute atomic E-state index is 11.5. The molecule has 0 unspecified atom stereocenters. The van der Waals surface area contributed by atoms with Crippen molar-refractivity contribution < 1.29 is 13.9 Å². The average Bonchev–Trinajstić information content (AvgIpc) is 3.20. The minimum absolute atomic E-state index is 0.0646. The van der Waals surface area contributed by atoms with E-state index in [1.54, 1.807) is 24.2 Å². The van der Waals surface area contributed by atoms with Crippen LogP contribution in [0.5, 0.6) is 5.75 Å². The van der Waals surface area contributed by atoms with E-state index >= 15 is 0 Å². The van der Waals surface area contributed by atoms with Gasteiger partial charge in [-0.15, -0.1) is 10.2 Å². The van der Waals surface area contributed by atoms with Gasteiger partial charge in [0.25, 0.3) is 5.22 Å². The number of nitrogens with one attached hydrogen (secondary N) is 1. The summed E-state index contributed by atoms with van der Waals surface area (Å²) in [5.74, 6) is 2.23. The van der Waals surface area contributed by atoms with E-state index in [1.165, 1.54) is 0 Å². The highest BCUT2D eigenvalue weighted by atomic mass is 32.2. The number of aromatic nitrogens is 3. The quantitative estimate of drug-likeness (QED) is 0.455. The van der Waals surface area contributed by atoms with E-state index in [9.17, 15) is 4.79 Å². The highest BCUT2D eigenvalue weighted by Crippen LogP contribution is 2.27. The largest absolute Gasteiger partial charge is 0.494 e. The Morgan fingerprint density at radius 3 is 2.89 bits per heavy atom. The predicted molar refractivity (Wildman–Crippen MR) is 106 cm³/mol. The summed E-state index contributed by atoms with van der Waals surface area (Å²) in [4.78, 5) is 15.5. The highest BCUT2D eigenvalue weighted by Gasteiger charge is 2.15. The lowest BCUT2D eigenvalue weighted by Crippen LogP contribution is -2.18. The molecule has 8 heteroatoms. The molecule has 0 spiro atoms. The molecule has 0 aliphatic carbocycles. The fourth-order valence-corrected chi connectivity index (χ4v) is 3.63. The van der Waals surface area contributed by atoms with Crippen LogP contribution in [0.4, 0.5) is 5.69 Å². The Morgan fingerprint density at radius 1 is 1.11 bits per heavy atom. The van der Waals surface area contributed by atoms with Gasteiger partial charge in [0, 0.05) is 41.9 Å². The molecule has 2 aromatic heterocycles. The monoisotopic (exact) mass is 396 g/mol. The molecule has 4 rings (SSSR count). The van der Waals surface area contributed by atoms with Gasteiger partial charge in [0.15, 0.2) is 0 Å². The van der Waals surface area contributed by atoms with Gasteiger partial charge in [-0.1, -0.05) is 17.8 Å². The summed E-state index contributed by atoms with van der Waals surface area (Å²) in [5.41, 5.74) is 2.89. The maximum Gasteiger partial charge on any atom is 0.276 e. The van der Waals surface area contributed by atoms with Gasteiger partial charge in [0.1, 0.15) is 5.75 Å². The molecular formula is C20H20N4O3S. The van der Waals surface area contributed by atoms with E-state index in [0.29, 0.717) is 24.1 Å². The van der Waals surface area contributed by atoms with Crippen molar-refractivity contribution in [1.29, 1.82) is 0 Å². The molecule has 28 heavy (non-hydrogen) atoms. The third-order valence-electron chi connectivity index (χ3n) is 4.34. The molecule has 3 heterocycles. The molecule has 1 aromatic carbocycles. The van der Waals surface area contributed by atoms with Crippen LogP contribution in [0.25, 0.3) is 11.5 Å². The zero-order chi connectivity index (χ0) is 19.2. The first kappa shape index (κ1) is 18.5. The normalized spacial score (nSPS) is 13.1. The van der Waals surface area contributed by atoms with Crippen LogP contribution in [-0.2, 0) is 11.2 Å². The average molecular weight is 396 g/mol.